The summed E-state index contributed by atoms with van der Waals surface area (Å²) >= 11 is 2.21. The first kappa shape index (κ1) is 13.1. The Bertz CT molecular complexity index is 770. The van der Waals surface area contributed by atoms with Crippen LogP contribution in [-0.4, -0.2) is 5.16 Å². The van der Waals surface area contributed by atoms with Crippen LogP contribution in [0.25, 0.3) is 22.5 Å². The molecule has 2 aromatic carbocycles. The third-order valence-corrected chi connectivity index (χ3v) is 3.89. The van der Waals surface area contributed by atoms with Gasteiger partial charge in [0.25, 0.3) is 0 Å². The van der Waals surface area contributed by atoms with Crippen molar-refractivity contribution < 1.29 is 8.91 Å². The van der Waals surface area contributed by atoms with Crippen molar-refractivity contribution in [1.29, 1.82) is 0 Å². The average Bonchev–Trinajstić information content (AvgIpc) is 2.81. The van der Waals surface area contributed by atoms with Crippen LogP contribution in [0.15, 0.2) is 53.1 Å². The second-order valence-electron chi connectivity index (χ2n) is 4.26. The standard InChI is InChI=1S/C15H10FIN2O/c16-10-5-3-4-9(8-10)13-14(20-19-15(13)18)11-6-1-2-7-12(11)17/h1-8H,(H2,18,19). The summed E-state index contributed by atoms with van der Waals surface area (Å²) in [4.78, 5) is 0. The van der Waals surface area contributed by atoms with Crippen molar-refractivity contribution in [2.24, 2.45) is 0 Å². The molecule has 0 bridgehead atoms. The molecule has 100 valence electrons. The van der Waals surface area contributed by atoms with E-state index in [0.717, 1.165) is 9.13 Å². The summed E-state index contributed by atoms with van der Waals surface area (Å²) in [6, 6.07) is 14.0. The number of nitrogens with two attached hydrogens (primary N) is 1. The summed E-state index contributed by atoms with van der Waals surface area (Å²) in [6.07, 6.45) is 0. The lowest BCUT2D eigenvalue weighted by molar-refractivity contribution is 0.436. The van der Waals surface area contributed by atoms with Crippen LogP contribution in [0, 0.1) is 9.39 Å². The maximum absolute atomic E-state index is 13.4. The Morgan fingerprint density at radius 3 is 2.65 bits per heavy atom. The van der Waals surface area contributed by atoms with Crippen molar-refractivity contribution in [3.05, 3.63) is 57.9 Å². The number of benzene rings is 2. The molecule has 0 unspecified atom stereocenters. The number of hydrogen-bond acceptors (Lipinski definition) is 3. The number of anilines is 1. The first-order valence-electron chi connectivity index (χ1n) is 5.93. The number of hydrogen-bond donors (Lipinski definition) is 1. The Kier molecular flexibility index (Phi) is 3.43. The van der Waals surface area contributed by atoms with E-state index in [1.807, 2.05) is 24.3 Å². The van der Waals surface area contributed by atoms with Gasteiger partial charge in [-0.25, -0.2) is 4.39 Å². The van der Waals surface area contributed by atoms with Gasteiger partial charge in [-0.15, -0.1) is 0 Å². The van der Waals surface area contributed by atoms with Gasteiger partial charge in [-0.05, 0) is 46.4 Å². The summed E-state index contributed by atoms with van der Waals surface area (Å²) in [5.74, 6) is 0.486. The second kappa shape index (κ2) is 5.24. The number of rotatable bonds is 2. The van der Waals surface area contributed by atoms with Gasteiger partial charge in [0.1, 0.15) is 5.82 Å². The van der Waals surface area contributed by atoms with Crippen molar-refractivity contribution in [3.8, 4) is 22.5 Å². The summed E-state index contributed by atoms with van der Waals surface area (Å²) in [7, 11) is 0. The second-order valence-corrected chi connectivity index (χ2v) is 5.42. The molecule has 0 radical (unpaired) electrons. The van der Waals surface area contributed by atoms with E-state index >= 15 is 0 Å². The van der Waals surface area contributed by atoms with Crippen molar-refractivity contribution in [2.75, 3.05) is 5.73 Å². The molecule has 3 rings (SSSR count). The van der Waals surface area contributed by atoms with Gasteiger partial charge in [0.15, 0.2) is 11.6 Å². The van der Waals surface area contributed by atoms with E-state index in [2.05, 4.69) is 27.7 Å². The largest absolute Gasteiger partial charge is 0.380 e. The summed E-state index contributed by atoms with van der Waals surface area (Å²) in [6.45, 7) is 0. The number of aromatic nitrogens is 1. The van der Waals surface area contributed by atoms with Crippen LogP contribution >= 0.6 is 22.6 Å². The molecule has 0 spiro atoms. The zero-order valence-electron chi connectivity index (χ0n) is 10.3. The number of nitrogens with zero attached hydrogens (tertiary/aromatic N) is 1. The van der Waals surface area contributed by atoms with Gasteiger partial charge in [0.05, 0.1) is 5.56 Å². The highest BCUT2D eigenvalue weighted by Gasteiger charge is 2.19. The van der Waals surface area contributed by atoms with Crippen LogP contribution in [0.4, 0.5) is 10.2 Å². The quantitative estimate of drug-likeness (QED) is 0.674. The molecule has 0 aliphatic rings. The van der Waals surface area contributed by atoms with Gasteiger partial charge < -0.3 is 10.3 Å². The first-order chi connectivity index (χ1) is 9.66. The maximum Gasteiger partial charge on any atom is 0.177 e. The maximum atomic E-state index is 13.4. The fourth-order valence-corrected chi connectivity index (χ4v) is 2.69. The molecular formula is C15H10FIN2O. The van der Waals surface area contributed by atoms with Crippen LogP contribution in [0.1, 0.15) is 0 Å². The third-order valence-electron chi connectivity index (χ3n) is 2.95. The predicted octanol–water partition coefficient (Wildman–Crippen LogP) is 4.33. The molecule has 3 nitrogen and oxygen atoms in total. The molecule has 5 heteroatoms. The highest BCUT2D eigenvalue weighted by molar-refractivity contribution is 14.1. The predicted molar refractivity (Wildman–Crippen MR) is 84.5 cm³/mol. The molecule has 0 atom stereocenters. The molecule has 3 aromatic rings. The molecule has 1 aromatic heterocycles. The molecule has 20 heavy (non-hydrogen) atoms. The normalized spacial score (nSPS) is 10.7. The average molecular weight is 380 g/mol. The highest BCUT2D eigenvalue weighted by Crippen LogP contribution is 2.38. The van der Waals surface area contributed by atoms with E-state index in [4.69, 9.17) is 10.3 Å². The van der Waals surface area contributed by atoms with E-state index in [1.54, 1.807) is 12.1 Å². The van der Waals surface area contributed by atoms with Gasteiger partial charge in [-0.3, -0.25) is 0 Å². The SMILES string of the molecule is Nc1noc(-c2ccccc2I)c1-c1cccc(F)c1. The van der Waals surface area contributed by atoms with Gasteiger partial charge in [-0.2, -0.15) is 0 Å². The zero-order valence-corrected chi connectivity index (χ0v) is 12.5. The van der Waals surface area contributed by atoms with Crippen LogP contribution in [0.3, 0.4) is 0 Å². The molecule has 0 aliphatic carbocycles. The fraction of sp³-hybridized carbons (Fsp3) is 0. The Balaban J connectivity index is 2.23. The topological polar surface area (TPSA) is 52.0 Å². The Labute approximate surface area is 128 Å². The monoisotopic (exact) mass is 380 g/mol. The van der Waals surface area contributed by atoms with E-state index < -0.39 is 0 Å². The van der Waals surface area contributed by atoms with E-state index in [9.17, 15) is 4.39 Å². The first-order valence-corrected chi connectivity index (χ1v) is 7.00. The Morgan fingerprint density at radius 1 is 1.10 bits per heavy atom. The van der Waals surface area contributed by atoms with E-state index in [0.29, 0.717) is 16.9 Å². The summed E-state index contributed by atoms with van der Waals surface area (Å²) in [5, 5.41) is 3.82. The highest BCUT2D eigenvalue weighted by atomic mass is 127. The lowest BCUT2D eigenvalue weighted by atomic mass is 10.0. The van der Waals surface area contributed by atoms with Gasteiger partial charge >= 0.3 is 0 Å². The molecule has 0 saturated heterocycles. The van der Waals surface area contributed by atoms with Gasteiger partial charge in [-0.1, -0.05) is 35.5 Å². The van der Waals surface area contributed by atoms with Crippen LogP contribution in [0.5, 0.6) is 0 Å². The van der Waals surface area contributed by atoms with Crippen molar-refractivity contribution in [3.63, 3.8) is 0 Å². The molecule has 0 fully saturated rings. The molecule has 0 aliphatic heterocycles. The molecule has 0 amide bonds. The van der Waals surface area contributed by atoms with Gasteiger partial charge in [0, 0.05) is 9.13 Å². The summed E-state index contributed by atoms with van der Waals surface area (Å²) in [5.41, 5.74) is 8.04. The molecule has 2 N–H and O–H groups in total. The van der Waals surface area contributed by atoms with Gasteiger partial charge in [0.2, 0.25) is 0 Å². The Morgan fingerprint density at radius 2 is 1.90 bits per heavy atom. The zero-order chi connectivity index (χ0) is 14.1. The summed E-state index contributed by atoms with van der Waals surface area (Å²) < 4.78 is 19.8. The van der Waals surface area contributed by atoms with Crippen molar-refractivity contribution in [1.82, 2.24) is 5.16 Å². The van der Waals surface area contributed by atoms with Crippen LogP contribution in [0.2, 0.25) is 0 Å². The Hall–Kier alpha value is -1.89. The molecule has 1 heterocycles. The van der Waals surface area contributed by atoms with E-state index in [-0.39, 0.29) is 11.6 Å². The third kappa shape index (κ3) is 2.29. The van der Waals surface area contributed by atoms with E-state index in [1.165, 1.54) is 12.1 Å². The lowest BCUT2D eigenvalue weighted by Crippen LogP contribution is -1.90. The fourth-order valence-electron chi connectivity index (χ4n) is 2.05. The number of nitrogen functional groups attached to an aromatic ring is 1. The minimum atomic E-state index is -0.322. The van der Waals surface area contributed by atoms with Crippen LogP contribution < -0.4 is 5.73 Å². The lowest BCUT2D eigenvalue weighted by Gasteiger charge is -2.04. The smallest absolute Gasteiger partial charge is 0.177 e. The van der Waals surface area contributed by atoms with Crippen molar-refractivity contribution in [2.45, 2.75) is 0 Å². The van der Waals surface area contributed by atoms with Crippen molar-refractivity contribution >= 4 is 28.4 Å². The minimum Gasteiger partial charge on any atom is -0.380 e. The molecular weight excluding hydrogens is 370 g/mol. The van der Waals surface area contributed by atoms with Crippen LogP contribution in [-0.2, 0) is 0 Å². The minimum absolute atomic E-state index is 0.255. The number of halogens is 2. The molecule has 0 saturated carbocycles.